The van der Waals surface area contributed by atoms with E-state index >= 15 is 0 Å². The van der Waals surface area contributed by atoms with Gasteiger partial charge in [-0.25, -0.2) is 67.5 Å². The average molecular weight is 2110 g/mol. The van der Waals surface area contributed by atoms with Gasteiger partial charge in [-0.2, -0.15) is 11.8 Å². The third kappa shape index (κ3) is 28.7. The summed E-state index contributed by atoms with van der Waals surface area (Å²) in [7, 11) is -4.27. The van der Waals surface area contributed by atoms with Crippen molar-refractivity contribution < 1.29 is 85.9 Å². The normalized spacial score (nSPS) is 14.1. The topological polar surface area (TPSA) is 464 Å². The zero-order valence-corrected chi connectivity index (χ0v) is 81.0. The van der Waals surface area contributed by atoms with E-state index in [4.69, 9.17) is 68.0 Å². The number of amidine groups is 4. The molecule has 0 spiro atoms. The summed E-state index contributed by atoms with van der Waals surface area (Å²) in [5.41, 5.74) is -0.426. The first-order chi connectivity index (χ1) is 68.7. The fourth-order valence-corrected chi connectivity index (χ4v) is 18.1. The Bertz CT molecular complexity index is 7210. The molecule has 12 aromatic rings. The van der Waals surface area contributed by atoms with E-state index in [2.05, 4.69) is 67.4 Å². The number of hydrogen-bond acceptors (Lipinski definition) is 22. The maximum atomic E-state index is 14.9. The molecule has 8 amide bonds. The van der Waals surface area contributed by atoms with E-state index in [-0.39, 0.29) is 174 Å². The molecule has 4 fully saturated rings. The zero-order valence-electron chi connectivity index (χ0n) is 75.5. The molecule has 0 unspecified atom stereocenters. The number of carbonyl (C=O) groups is 8. The summed E-state index contributed by atoms with van der Waals surface area (Å²) < 4.78 is 148. The molecule has 4 aliphatic heterocycles. The Balaban J connectivity index is 0.000000161. The smallest absolute Gasteiger partial charge is 0.259 e. The number of rotatable bonds is 20. The third-order valence-corrected chi connectivity index (χ3v) is 27.2. The molecule has 33 nitrogen and oxygen atoms in total. The Kier molecular flexibility index (Phi) is 35.5. The number of para-hydroxylation sites is 1. The van der Waals surface area contributed by atoms with Crippen LogP contribution in [0.3, 0.4) is 0 Å². The molecule has 4 aromatic heterocycles. The number of likely N-dealkylation sites (N-methyl/N-ethyl adjacent to an activating group) is 1. The first-order valence-corrected chi connectivity index (χ1v) is 49.6. The molecule has 8 heterocycles. The highest BCUT2D eigenvalue weighted by atomic mass is 35.5. The summed E-state index contributed by atoms with van der Waals surface area (Å²) in [6.07, 6.45) is 5.36. The Labute approximate surface area is 842 Å². The van der Waals surface area contributed by atoms with Crippen LogP contribution in [-0.2, 0) is 19.7 Å². The van der Waals surface area contributed by atoms with Gasteiger partial charge < -0.3 is 67.0 Å². The number of amides is 8. The maximum absolute atomic E-state index is 14.9. The van der Waals surface area contributed by atoms with Crippen LogP contribution in [0, 0.1) is 62.4 Å². The van der Waals surface area contributed by atoms with Gasteiger partial charge in [0.2, 0.25) is 0 Å². The predicted octanol–water partition coefficient (Wildman–Crippen LogP) is 16.0. The van der Waals surface area contributed by atoms with Crippen molar-refractivity contribution in [3.05, 3.63) is 353 Å². The molecule has 0 saturated carbocycles. The minimum atomic E-state index is -3.15. The Morgan fingerprint density at radius 2 is 0.542 bits per heavy atom. The summed E-state index contributed by atoms with van der Waals surface area (Å²) >= 11 is 25.0. The second-order valence-electron chi connectivity index (χ2n) is 32.0. The summed E-state index contributed by atoms with van der Waals surface area (Å²) in [5.74, 6) is -9.07. The minimum Gasteiger partial charge on any atom is -0.355 e. The van der Waals surface area contributed by atoms with E-state index in [0.717, 1.165) is 85.3 Å². The Morgan fingerprint density at radius 1 is 0.292 bits per heavy atom. The molecule has 12 N–H and O–H groups in total. The van der Waals surface area contributed by atoms with Crippen LogP contribution >= 0.6 is 58.2 Å². The first-order valence-electron chi connectivity index (χ1n) is 43.3. The monoisotopic (exact) mass is 2100 g/mol. The van der Waals surface area contributed by atoms with Crippen LogP contribution in [0.15, 0.2) is 225 Å². The zero-order chi connectivity index (χ0) is 103. The van der Waals surface area contributed by atoms with Crippen LogP contribution in [0.1, 0.15) is 105 Å². The largest absolute Gasteiger partial charge is 0.355 e. The molecular formula is C97H84Cl4F7N21O12S3. The molecular weight excluding hydrogens is 2020 g/mol. The highest BCUT2D eigenvalue weighted by Gasteiger charge is 2.31. The molecule has 47 heteroatoms. The number of piperazine rings is 1. The van der Waals surface area contributed by atoms with Gasteiger partial charge in [-0.15, -0.1) is 0 Å². The lowest BCUT2D eigenvalue weighted by molar-refractivity contribution is 0.100. The fraction of sp³-hybridized carbons (Fsp3) is 0.175. The predicted molar refractivity (Wildman–Crippen MR) is 538 cm³/mol. The van der Waals surface area contributed by atoms with Crippen LogP contribution in [-0.4, -0.2) is 239 Å². The van der Waals surface area contributed by atoms with Gasteiger partial charge in [0.1, 0.15) is 87.3 Å². The number of nitrogens with zero attached hydrogens (tertiary/aromatic N) is 9. The Morgan fingerprint density at radius 3 is 0.812 bits per heavy atom. The van der Waals surface area contributed by atoms with Crippen LogP contribution in [0.5, 0.6) is 0 Å². The van der Waals surface area contributed by atoms with Gasteiger partial charge in [-0.3, -0.25) is 60.0 Å². The van der Waals surface area contributed by atoms with Gasteiger partial charge in [-0.05, 0) is 171 Å². The highest BCUT2D eigenvalue weighted by molar-refractivity contribution is 7.99. The number of aromatic nitrogens is 4. The number of anilines is 8. The maximum Gasteiger partial charge on any atom is 0.259 e. The molecule has 0 bridgehead atoms. The molecule has 8 aromatic carbocycles. The van der Waals surface area contributed by atoms with Crippen molar-refractivity contribution >= 4 is 194 Å². The molecule has 0 aliphatic carbocycles. The van der Waals surface area contributed by atoms with Gasteiger partial charge in [0.05, 0.1) is 110 Å². The number of pyridine rings is 4. The number of sulfone groups is 2. The number of benzene rings is 8. The highest BCUT2D eigenvalue weighted by Crippen LogP contribution is 2.30. The lowest BCUT2D eigenvalue weighted by Crippen LogP contribution is -2.47. The number of hydrogen-bond donors (Lipinski definition) is 12. The molecule has 144 heavy (non-hydrogen) atoms. The van der Waals surface area contributed by atoms with Crippen molar-refractivity contribution in [1.82, 2.24) is 44.4 Å². The molecule has 0 atom stereocenters. The lowest BCUT2D eigenvalue weighted by Gasteiger charge is -2.34. The van der Waals surface area contributed by atoms with Crippen molar-refractivity contribution in [2.75, 3.05) is 150 Å². The van der Waals surface area contributed by atoms with Gasteiger partial charge in [0.25, 0.3) is 47.3 Å². The van der Waals surface area contributed by atoms with Crippen LogP contribution in [0.4, 0.5) is 76.8 Å². The first kappa shape index (κ1) is 106. The molecule has 744 valence electrons. The van der Waals surface area contributed by atoms with Crippen molar-refractivity contribution in [1.29, 1.82) is 21.6 Å². The minimum absolute atomic E-state index is 0.00935. The summed E-state index contributed by atoms with van der Waals surface area (Å²) in [4.78, 5) is 127. The molecule has 4 aliphatic rings. The number of halogens is 11. The summed E-state index contributed by atoms with van der Waals surface area (Å²) in [6, 6.07) is 43.0. The Hall–Kier alpha value is -15.1. The van der Waals surface area contributed by atoms with Gasteiger partial charge in [0, 0.05) is 124 Å². The van der Waals surface area contributed by atoms with E-state index in [0.29, 0.717) is 57.4 Å². The van der Waals surface area contributed by atoms with Gasteiger partial charge in [-0.1, -0.05) is 82.8 Å². The van der Waals surface area contributed by atoms with Crippen LogP contribution in [0.2, 0.25) is 20.1 Å². The SMILES string of the molecule is CN1CCN(C(=N)c2ccc(C(=O)Nc3ccc(F)cc3C(=O)Nc3ccc(Cl)cn3)c(F)c2)CC1.N=C(c1ccc(C(=O)Nc2ccc(F)cc2C(=O)Nc2ccc(Cl)cn2)c(F)c1)N1CCS(=O)(=O)CC1.N=C(c1ccc(C(=O)Nc2ccc(F)cc2C(=O)Nc2ccc(Cl)cn2)c(F)c1)N1CCSCC1.N=C(c1ccc(C(=O)Nc2ccccc2C(=O)Nc2ccc(Cl)cn2)c(F)c1)N1CCS(=O)(=O)CC1. The lowest BCUT2D eigenvalue weighted by atomic mass is 10.1. The van der Waals surface area contributed by atoms with Crippen LogP contribution in [0.25, 0.3) is 0 Å². The molecule has 0 radical (unpaired) electrons. The quantitative estimate of drug-likeness (QED) is 0.0191. The molecule has 4 saturated heterocycles. The van der Waals surface area contributed by atoms with Gasteiger partial charge >= 0.3 is 0 Å². The van der Waals surface area contributed by atoms with Gasteiger partial charge in [0.15, 0.2) is 19.7 Å². The van der Waals surface area contributed by atoms with Crippen molar-refractivity contribution in [3.63, 3.8) is 0 Å². The molecule has 16 rings (SSSR count). The van der Waals surface area contributed by atoms with Crippen molar-refractivity contribution in [2.24, 2.45) is 0 Å². The second-order valence-corrected chi connectivity index (χ2v) is 39.6. The van der Waals surface area contributed by atoms with E-state index in [1.54, 1.807) is 34.9 Å². The van der Waals surface area contributed by atoms with E-state index < -0.39 is 108 Å². The third-order valence-electron chi connectivity index (χ3n) is 22.1. The van der Waals surface area contributed by atoms with Crippen LogP contribution < -0.4 is 42.5 Å². The van der Waals surface area contributed by atoms with E-state index in [1.807, 2.05) is 16.8 Å². The van der Waals surface area contributed by atoms with Crippen molar-refractivity contribution in [3.8, 4) is 0 Å². The standard InChI is InChI=1S/C25H23ClF2N6O2.C24H20ClF2N5O4S.C24H20ClF2N5O2S.C24H21ClFN5O4S/c1-33-8-10-34(11-9-33)23(29)15-2-5-18(20(28)12-15)24(35)31-21-6-4-17(27)13-19(21)25(36)32-22-7-3-16(26)14-30-22;25-15-2-6-21(29-13-15)31-24(34)18-12-16(26)3-5-20(18)30-23(33)17-4-1-14(11-19(17)27)22(28)32-7-9-37(35,36)10-8-32;25-15-2-6-21(29-13-15)31-24(34)18-12-16(26)3-5-20(18)30-23(33)17-4-1-14(11-19(17)27)22(28)32-7-9-35-10-8-32;25-16-6-8-21(28-14-16)30-24(33)18-3-1-2-4-20(18)29-23(32)17-7-5-15(13-19(17)26)22(27)31-9-11-36(34,35)12-10-31/h2-7,12-14,29H,8-11H2,1H3,(H,31,35)(H,30,32,36);1-6,11-13,28H,7-10H2,(H,30,33)(H,29,31,34);1-6,11-13,28H,7-10H2,(H,30,33)(H,29,31,34);1-8,13-14,27H,9-12H2,(H,29,32)(H,28,30,33). The average Bonchev–Trinajstić information content (AvgIpc) is 0.814. The number of thioether (sulfide) groups is 1. The fourth-order valence-electron chi connectivity index (χ4n) is 14.3. The number of nitrogens with one attached hydrogen (secondary N) is 12. The summed E-state index contributed by atoms with van der Waals surface area (Å²) in [6.45, 7) is 4.84. The van der Waals surface area contributed by atoms with E-state index in [1.165, 1.54) is 151 Å². The van der Waals surface area contributed by atoms with Crippen molar-refractivity contribution in [2.45, 2.75) is 0 Å². The number of carbonyl (C=O) groups excluding carboxylic acids is 8. The second kappa shape index (κ2) is 48.1. The van der Waals surface area contributed by atoms with E-state index in [9.17, 15) is 85.9 Å². The summed E-state index contributed by atoms with van der Waals surface area (Å²) in [5, 5.41) is 54.8.